The molecule has 128 valence electrons. The van der Waals surface area contributed by atoms with E-state index in [1.54, 1.807) is 18.2 Å². The molecule has 2 aromatic rings. The molecule has 7 nitrogen and oxygen atoms in total. The maximum atomic E-state index is 10.9. The fraction of sp³-hybridized carbons (Fsp3) is 0.294. The summed E-state index contributed by atoms with van der Waals surface area (Å²) in [5.41, 5.74) is 4.41. The topological polar surface area (TPSA) is 82.9 Å². The molecule has 24 heavy (non-hydrogen) atoms. The van der Waals surface area contributed by atoms with Crippen molar-refractivity contribution in [3.05, 3.63) is 69.8 Å². The van der Waals surface area contributed by atoms with Gasteiger partial charge in [-0.2, -0.15) is 5.48 Å². The number of hydrogen-bond donors (Lipinski definition) is 1. The third-order valence-corrected chi connectivity index (χ3v) is 3.45. The van der Waals surface area contributed by atoms with Gasteiger partial charge in [0, 0.05) is 4.92 Å². The highest BCUT2D eigenvalue weighted by atomic mass is 16.7. The fourth-order valence-corrected chi connectivity index (χ4v) is 2.23. The van der Waals surface area contributed by atoms with E-state index in [4.69, 9.17) is 14.3 Å². The summed E-state index contributed by atoms with van der Waals surface area (Å²) < 4.78 is 10.4. The van der Waals surface area contributed by atoms with Crippen LogP contribution in [-0.2, 0) is 11.4 Å². The summed E-state index contributed by atoms with van der Waals surface area (Å²) in [7, 11) is 3.05. The molecule has 0 aromatic heterocycles. The van der Waals surface area contributed by atoms with E-state index in [1.807, 2.05) is 30.3 Å². The third kappa shape index (κ3) is 4.94. The lowest BCUT2D eigenvalue weighted by Crippen LogP contribution is -2.28. The minimum atomic E-state index is -0.608. The van der Waals surface area contributed by atoms with Crippen molar-refractivity contribution in [1.82, 2.24) is 5.48 Å². The van der Waals surface area contributed by atoms with E-state index in [1.165, 1.54) is 14.2 Å². The summed E-state index contributed by atoms with van der Waals surface area (Å²) in [6.45, 7) is -0.00732. The Balaban J connectivity index is 2.08. The van der Waals surface area contributed by atoms with Gasteiger partial charge in [-0.3, -0.25) is 15.0 Å². The molecular weight excluding hydrogens is 312 g/mol. The molecule has 0 aliphatic carbocycles. The van der Waals surface area contributed by atoms with Crippen LogP contribution in [0.3, 0.4) is 0 Å². The Bertz CT molecular complexity index is 663. The molecule has 7 heteroatoms. The molecular formula is C17H20N2O5. The number of benzene rings is 2. The van der Waals surface area contributed by atoms with E-state index in [9.17, 15) is 10.1 Å². The van der Waals surface area contributed by atoms with Crippen molar-refractivity contribution in [2.75, 3.05) is 20.8 Å². The second kappa shape index (κ2) is 8.85. The molecule has 2 rings (SSSR count). The molecule has 0 bridgehead atoms. The summed E-state index contributed by atoms with van der Waals surface area (Å²) in [5.74, 6) is 1.07. The van der Waals surface area contributed by atoms with Crippen LogP contribution in [0.5, 0.6) is 11.5 Å². The van der Waals surface area contributed by atoms with Gasteiger partial charge in [0.2, 0.25) is 6.54 Å². The second-order valence-electron chi connectivity index (χ2n) is 5.07. The predicted octanol–water partition coefficient (Wildman–Crippen LogP) is 2.74. The van der Waals surface area contributed by atoms with Crippen LogP contribution < -0.4 is 15.0 Å². The average Bonchev–Trinajstić information content (AvgIpc) is 2.61. The van der Waals surface area contributed by atoms with Crippen LogP contribution in [0.15, 0.2) is 48.5 Å². The highest BCUT2D eigenvalue weighted by Crippen LogP contribution is 2.30. The molecule has 2 aromatic carbocycles. The van der Waals surface area contributed by atoms with Crippen molar-refractivity contribution < 1.29 is 19.2 Å². The molecule has 1 N–H and O–H groups in total. The molecule has 0 saturated heterocycles. The summed E-state index contributed by atoms with van der Waals surface area (Å²) in [6.07, 6.45) is 0. The Labute approximate surface area is 140 Å². The lowest BCUT2D eigenvalue weighted by atomic mass is 10.1. The van der Waals surface area contributed by atoms with E-state index >= 15 is 0 Å². The summed E-state index contributed by atoms with van der Waals surface area (Å²) in [6, 6.07) is 14.1. The number of hydroxylamine groups is 1. The first-order valence-electron chi connectivity index (χ1n) is 7.39. The van der Waals surface area contributed by atoms with Gasteiger partial charge < -0.3 is 9.47 Å². The first-order chi connectivity index (χ1) is 11.6. The molecule has 0 heterocycles. The lowest BCUT2D eigenvalue weighted by Gasteiger charge is -2.17. The number of nitrogens with zero attached hydrogens (tertiary/aromatic N) is 1. The zero-order valence-corrected chi connectivity index (χ0v) is 13.6. The van der Waals surface area contributed by atoms with Gasteiger partial charge in [-0.05, 0) is 23.3 Å². The monoisotopic (exact) mass is 332 g/mol. The van der Waals surface area contributed by atoms with Crippen LogP contribution in [0.2, 0.25) is 0 Å². The van der Waals surface area contributed by atoms with Crippen LogP contribution >= 0.6 is 0 Å². The Morgan fingerprint density at radius 2 is 1.79 bits per heavy atom. The predicted molar refractivity (Wildman–Crippen MR) is 88.5 cm³/mol. The number of rotatable bonds is 9. The Kier molecular flexibility index (Phi) is 6.53. The van der Waals surface area contributed by atoms with Crippen molar-refractivity contribution >= 4 is 0 Å². The first kappa shape index (κ1) is 17.7. The largest absolute Gasteiger partial charge is 0.493 e. The highest BCUT2D eigenvalue weighted by molar-refractivity contribution is 5.43. The normalized spacial score (nSPS) is 11.8. The molecule has 0 radical (unpaired) electrons. The van der Waals surface area contributed by atoms with Gasteiger partial charge in [-0.1, -0.05) is 36.4 Å². The summed E-state index contributed by atoms with van der Waals surface area (Å²) in [4.78, 5) is 16.0. The Hall–Kier alpha value is -2.64. The van der Waals surface area contributed by atoms with Gasteiger partial charge in [0.1, 0.15) is 6.04 Å². The standard InChI is InChI=1S/C17H20N2O5/c1-22-16-9-8-14(10-17(16)23-2)15(11-19(20)21)18-24-12-13-6-4-3-5-7-13/h3-10,15,18H,11-12H2,1-2H3. The number of methoxy groups -OCH3 is 2. The van der Waals surface area contributed by atoms with Gasteiger partial charge in [0.05, 0.1) is 20.8 Å². The molecule has 0 spiro atoms. The van der Waals surface area contributed by atoms with Crippen LogP contribution in [0, 0.1) is 10.1 Å². The van der Waals surface area contributed by atoms with Crippen molar-refractivity contribution in [2.24, 2.45) is 0 Å². The van der Waals surface area contributed by atoms with E-state index in [2.05, 4.69) is 5.48 Å². The van der Waals surface area contributed by atoms with Crippen molar-refractivity contribution in [3.63, 3.8) is 0 Å². The minimum Gasteiger partial charge on any atom is -0.493 e. The van der Waals surface area contributed by atoms with Gasteiger partial charge in [0.15, 0.2) is 11.5 Å². The van der Waals surface area contributed by atoms with Crippen LogP contribution in [0.4, 0.5) is 0 Å². The molecule has 0 aliphatic heterocycles. The molecule has 1 unspecified atom stereocenters. The number of ether oxygens (including phenoxy) is 2. The molecule has 0 saturated carbocycles. The van der Waals surface area contributed by atoms with E-state index in [0.717, 1.165) is 5.56 Å². The molecule has 0 amide bonds. The molecule has 1 atom stereocenters. The second-order valence-corrected chi connectivity index (χ2v) is 5.07. The number of nitro groups is 1. The lowest BCUT2D eigenvalue weighted by molar-refractivity contribution is -0.486. The van der Waals surface area contributed by atoms with Gasteiger partial charge in [0.25, 0.3) is 0 Å². The minimum absolute atomic E-state index is 0.308. The maximum absolute atomic E-state index is 10.9. The smallest absolute Gasteiger partial charge is 0.225 e. The van der Waals surface area contributed by atoms with Crippen LogP contribution in [0.25, 0.3) is 0 Å². The van der Waals surface area contributed by atoms with E-state index in [-0.39, 0.29) is 11.5 Å². The van der Waals surface area contributed by atoms with E-state index < -0.39 is 6.04 Å². The maximum Gasteiger partial charge on any atom is 0.225 e. The zero-order chi connectivity index (χ0) is 17.4. The molecule has 0 fully saturated rings. The first-order valence-corrected chi connectivity index (χ1v) is 7.39. The molecule has 0 aliphatic rings. The van der Waals surface area contributed by atoms with E-state index in [0.29, 0.717) is 23.7 Å². The SMILES string of the molecule is COc1ccc(C(C[N+](=O)[O-])NOCc2ccccc2)cc1OC. The van der Waals surface area contributed by atoms with Crippen LogP contribution in [0.1, 0.15) is 17.2 Å². The quantitative estimate of drug-likeness (QED) is 0.561. The van der Waals surface area contributed by atoms with Crippen molar-refractivity contribution in [2.45, 2.75) is 12.6 Å². The van der Waals surface area contributed by atoms with Gasteiger partial charge in [-0.25, -0.2) is 0 Å². The number of hydrogen-bond acceptors (Lipinski definition) is 6. The fourth-order valence-electron chi connectivity index (χ4n) is 2.23. The highest BCUT2D eigenvalue weighted by Gasteiger charge is 2.20. The van der Waals surface area contributed by atoms with Crippen LogP contribution in [-0.4, -0.2) is 25.7 Å². The summed E-state index contributed by atoms with van der Waals surface area (Å²) >= 11 is 0. The van der Waals surface area contributed by atoms with Gasteiger partial charge >= 0.3 is 0 Å². The van der Waals surface area contributed by atoms with Crippen molar-refractivity contribution in [3.8, 4) is 11.5 Å². The Morgan fingerprint density at radius 1 is 1.08 bits per heavy atom. The van der Waals surface area contributed by atoms with Crippen molar-refractivity contribution in [1.29, 1.82) is 0 Å². The third-order valence-electron chi connectivity index (χ3n) is 3.45. The summed E-state index contributed by atoms with van der Waals surface area (Å²) in [5, 5.41) is 10.9. The van der Waals surface area contributed by atoms with Gasteiger partial charge in [-0.15, -0.1) is 0 Å². The Morgan fingerprint density at radius 3 is 2.42 bits per heavy atom. The number of nitrogens with one attached hydrogen (secondary N) is 1. The average molecular weight is 332 g/mol. The zero-order valence-electron chi connectivity index (χ0n) is 13.6.